The van der Waals surface area contributed by atoms with Gasteiger partial charge in [-0.15, -0.1) is 0 Å². The first-order valence-corrected chi connectivity index (χ1v) is 9.72. The van der Waals surface area contributed by atoms with Gasteiger partial charge in [0.05, 0.1) is 13.7 Å². The first kappa shape index (κ1) is 20.8. The maximum absolute atomic E-state index is 13.0. The molecule has 0 atom stereocenters. The molecular formula is C22H26FN3O3. The Morgan fingerprint density at radius 2 is 1.72 bits per heavy atom. The minimum absolute atomic E-state index is 0.0419. The lowest BCUT2D eigenvalue weighted by atomic mass is 10.1. The fourth-order valence-corrected chi connectivity index (χ4v) is 3.36. The van der Waals surface area contributed by atoms with Crippen molar-refractivity contribution in [1.82, 2.24) is 15.1 Å². The highest BCUT2D eigenvalue weighted by Gasteiger charge is 2.22. The zero-order valence-corrected chi connectivity index (χ0v) is 16.6. The SMILES string of the molecule is COc1ccccc1CCNC(=O)N1CCN(CC(=O)c2ccc(F)cc2)CC1. The number of Topliss-reactive ketones (excluding diaryl/α,β-unsaturated/α-hetero) is 1. The first-order valence-electron chi connectivity index (χ1n) is 9.72. The Balaban J connectivity index is 1.40. The van der Waals surface area contributed by atoms with Crippen LogP contribution in [0.15, 0.2) is 48.5 Å². The molecule has 1 saturated heterocycles. The number of nitrogens with zero attached hydrogens (tertiary/aromatic N) is 2. The fourth-order valence-electron chi connectivity index (χ4n) is 3.36. The van der Waals surface area contributed by atoms with Crippen LogP contribution in [0.3, 0.4) is 0 Å². The van der Waals surface area contributed by atoms with Gasteiger partial charge >= 0.3 is 6.03 Å². The minimum Gasteiger partial charge on any atom is -0.496 e. The zero-order chi connectivity index (χ0) is 20.6. The molecule has 0 spiro atoms. The van der Waals surface area contributed by atoms with Crippen molar-refractivity contribution < 1.29 is 18.7 Å². The number of nitrogens with one attached hydrogen (secondary N) is 1. The predicted molar refractivity (Wildman–Crippen MR) is 109 cm³/mol. The summed E-state index contributed by atoms with van der Waals surface area (Å²) < 4.78 is 18.3. The second-order valence-corrected chi connectivity index (χ2v) is 6.99. The van der Waals surface area contributed by atoms with Crippen LogP contribution < -0.4 is 10.1 Å². The van der Waals surface area contributed by atoms with E-state index in [4.69, 9.17) is 4.74 Å². The van der Waals surface area contributed by atoms with Crippen LogP contribution in [0.25, 0.3) is 0 Å². The average molecular weight is 399 g/mol. The summed E-state index contributed by atoms with van der Waals surface area (Å²) in [7, 11) is 1.64. The first-order chi connectivity index (χ1) is 14.1. The Labute approximate surface area is 170 Å². The molecule has 0 aromatic heterocycles. The van der Waals surface area contributed by atoms with Crippen LogP contribution in [-0.4, -0.2) is 68.0 Å². The molecule has 2 amide bonds. The predicted octanol–water partition coefficient (Wildman–Crippen LogP) is 2.59. The number of ether oxygens (including phenoxy) is 1. The number of hydrogen-bond acceptors (Lipinski definition) is 4. The molecule has 0 unspecified atom stereocenters. The average Bonchev–Trinajstić information content (AvgIpc) is 2.75. The van der Waals surface area contributed by atoms with Gasteiger partial charge in [0.15, 0.2) is 5.78 Å². The number of benzene rings is 2. The second kappa shape index (κ2) is 10.0. The van der Waals surface area contributed by atoms with Crippen LogP contribution in [0.1, 0.15) is 15.9 Å². The van der Waals surface area contributed by atoms with Crippen molar-refractivity contribution in [2.75, 3.05) is 46.4 Å². The molecule has 0 bridgehead atoms. The largest absolute Gasteiger partial charge is 0.496 e. The maximum atomic E-state index is 13.0. The van der Waals surface area contributed by atoms with Crippen molar-refractivity contribution in [1.29, 1.82) is 0 Å². The molecule has 29 heavy (non-hydrogen) atoms. The van der Waals surface area contributed by atoms with E-state index in [1.807, 2.05) is 29.2 Å². The van der Waals surface area contributed by atoms with Gasteiger partial charge in [0.2, 0.25) is 0 Å². The number of urea groups is 1. The standard InChI is InChI=1S/C22H26FN3O3/c1-29-21-5-3-2-4-18(21)10-11-24-22(28)26-14-12-25(13-15-26)16-20(27)17-6-8-19(23)9-7-17/h2-9H,10-16H2,1H3,(H,24,28). The highest BCUT2D eigenvalue weighted by atomic mass is 19.1. The third-order valence-corrected chi connectivity index (χ3v) is 5.06. The molecule has 0 aliphatic carbocycles. The number of amides is 2. The molecule has 1 fully saturated rings. The van der Waals surface area contributed by atoms with E-state index >= 15 is 0 Å². The van der Waals surface area contributed by atoms with Gasteiger partial charge in [0.25, 0.3) is 0 Å². The fraction of sp³-hybridized carbons (Fsp3) is 0.364. The monoisotopic (exact) mass is 399 g/mol. The van der Waals surface area contributed by atoms with E-state index in [0.717, 1.165) is 11.3 Å². The number of halogens is 1. The van der Waals surface area contributed by atoms with E-state index in [2.05, 4.69) is 5.32 Å². The van der Waals surface area contributed by atoms with Gasteiger partial charge in [-0.05, 0) is 42.3 Å². The molecule has 1 aliphatic rings. The van der Waals surface area contributed by atoms with Crippen molar-refractivity contribution in [3.63, 3.8) is 0 Å². The van der Waals surface area contributed by atoms with E-state index in [9.17, 15) is 14.0 Å². The van der Waals surface area contributed by atoms with E-state index < -0.39 is 0 Å². The van der Waals surface area contributed by atoms with Crippen molar-refractivity contribution >= 4 is 11.8 Å². The van der Waals surface area contributed by atoms with Crippen LogP contribution >= 0.6 is 0 Å². The Bertz CT molecular complexity index is 833. The zero-order valence-electron chi connectivity index (χ0n) is 16.6. The van der Waals surface area contributed by atoms with Crippen LogP contribution in [0.5, 0.6) is 5.75 Å². The summed E-state index contributed by atoms with van der Waals surface area (Å²) in [6.45, 7) is 3.20. The Kier molecular flexibility index (Phi) is 7.19. The third-order valence-electron chi connectivity index (χ3n) is 5.06. The molecule has 154 valence electrons. The van der Waals surface area contributed by atoms with Crippen LogP contribution in [0.4, 0.5) is 9.18 Å². The molecule has 7 heteroatoms. The number of piperazine rings is 1. The topological polar surface area (TPSA) is 61.9 Å². The summed E-state index contributed by atoms with van der Waals surface area (Å²) in [6, 6.07) is 13.3. The van der Waals surface area contributed by atoms with Gasteiger partial charge in [-0.2, -0.15) is 0 Å². The van der Waals surface area contributed by atoms with E-state index in [1.165, 1.54) is 24.3 Å². The van der Waals surface area contributed by atoms with Crippen molar-refractivity contribution in [2.24, 2.45) is 0 Å². The minimum atomic E-state index is -0.355. The van der Waals surface area contributed by atoms with E-state index in [1.54, 1.807) is 12.0 Å². The van der Waals surface area contributed by atoms with Gasteiger partial charge < -0.3 is 15.0 Å². The number of ketones is 1. The second-order valence-electron chi connectivity index (χ2n) is 6.99. The highest BCUT2D eigenvalue weighted by Crippen LogP contribution is 2.17. The molecule has 3 rings (SSSR count). The molecular weight excluding hydrogens is 373 g/mol. The molecule has 0 saturated carbocycles. The molecule has 1 aliphatic heterocycles. The van der Waals surface area contributed by atoms with Crippen molar-refractivity contribution in [3.8, 4) is 5.75 Å². The molecule has 1 heterocycles. The Morgan fingerprint density at radius 3 is 2.41 bits per heavy atom. The van der Waals surface area contributed by atoms with Gasteiger partial charge in [0, 0.05) is 38.3 Å². The molecule has 6 nitrogen and oxygen atoms in total. The quantitative estimate of drug-likeness (QED) is 0.727. The smallest absolute Gasteiger partial charge is 0.317 e. The van der Waals surface area contributed by atoms with Gasteiger partial charge in [0.1, 0.15) is 11.6 Å². The summed E-state index contributed by atoms with van der Waals surface area (Å²) >= 11 is 0. The molecule has 1 N–H and O–H groups in total. The summed E-state index contributed by atoms with van der Waals surface area (Å²) in [6.07, 6.45) is 0.696. The van der Waals surface area contributed by atoms with Crippen LogP contribution in [0, 0.1) is 5.82 Å². The molecule has 0 radical (unpaired) electrons. The van der Waals surface area contributed by atoms with Gasteiger partial charge in [-0.1, -0.05) is 18.2 Å². The number of para-hydroxylation sites is 1. The highest BCUT2D eigenvalue weighted by molar-refractivity contribution is 5.97. The number of hydrogen-bond donors (Lipinski definition) is 1. The lowest BCUT2D eigenvalue weighted by Gasteiger charge is -2.34. The summed E-state index contributed by atoms with van der Waals surface area (Å²) in [5.41, 5.74) is 1.56. The summed E-state index contributed by atoms with van der Waals surface area (Å²) in [5, 5.41) is 2.95. The molecule has 2 aromatic rings. The number of methoxy groups -OCH3 is 1. The number of carbonyl (C=O) groups excluding carboxylic acids is 2. The van der Waals surface area contributed by atoms with E-state index in [0.29, 0.717) is 44.7 Å². The van der Waals surface area contributed by atoms with Crippen molar-refractivity contribution in [3.05, 3.63) is 65.5 Å². The normalized spacial score (nSPS) is 14.5. The van der Waals surface area contributed by atoms with Crippen molar-refractivity contribution in [2.45, 2.75) is 6.42 Å². The lowest BCUT2D eigenvalue weighted by Crippen LogP contribution is -2.52. The summed E-state index contributed by atoms with van der Waals surface area (Å²) in [5.74, 6) is 0.424. The maximum Gasteiger partial charge on any atom is 0.317 e. The van der Waals surface area contributed by atoms with Crippen LogP contribution in [0.2, 0.25) is 0 Å². The lowest BCUT2D eigenvalue weighted by molar-refractivity contribution is 0.0878. The third kappa shape index (κ3) is 5.77. The number of carbonyl (C=O) groups is 2. The summed E-state index contributed by atoms with van der Waals surface area (Å²) in [4.78, 5) is 28.5. The Hall–Kier alpha value is -2.93. The van der Waals surface area contributed by atoms with Gasteiger partial charge in [-0.25, -0.2) is 9.18 Å². The van der Waals surface area contributed by atoms with Gasteiger partial charge in [-0.3, -0.25) is 9.69 Å². The van der Waals surface area contributed by atoms with E-state index in [-0.39, 0.29) is 24.2 Å². The van der Waals surface area contributed by atoms with Crippen LogP contribution in [-0.2, 0) is 6.42 Å². The number of rotatable bonds is 7. The Morgan fingerprint density at radius 1 is 1.03 bits per heavy atom. The molecule has 2 aromatic carbocycles.